The molecule has 0 radical (unpaired) electrons. The van der Waals surface area contributed by atoms with Gasteiger partial charge in [0.15, 0.2) is 0 Å². The normalized spacial score (nSPS) is 11.5. The van der Waals surface area contributed by atoms with E-state index in [2.05, 4.69) is 0 Å². The van der Waals surface area contributed by atoms with Crippen molar-refractivity contribution < 1.29 is 18.1 Å². The lowest BCUT2D eigenvalue weighted by Crippen LogP contribution is -2.00. The molecule has 4 N–H and O–H groups in total. The van der Waals surface area contributed by atoms with E-state index in [0.29, 0.717) is 5.56 Å². The van der Waals surface area contributed by atoms with Gasteiger partial charge in [0.05, 0.1) is 4.90 Å². The van der Waals surface area contributed by atoms with Crippen molar-refractivity contribution in [1.82, 2.24) is 0 Å². The van der Waals surface area contributed by atoms with Crippen molar-refractivity contribution in [3.05, 3.63) is 17.7 Å². The van der Waals surface area contributed by atoms with E-state index in [9.17, 15) is 13.5 Å². The molecule has 5 nitrogen and oxygen atoms in total. The highest BCUT2D eigenvalue weighted by atomic mass is 32.2. The fraction of sp³-hybridized carbons (Fsp3) is 0.143. The van der Waals surface area contributed by atoms with Crippen LogP contribution in [-0.2, 0) is 10.1 Å². The van der Waals surface area contributed by atoms with Crippen molar-refractivity contribution in [3.8, 4) is 5.75 Å². The van der Waals surface area contributed by atoms with Crippen molar-refractivity contribution in [1.29, 1.82) is 0 Å². The number of anilines is 1. The Labute approximate surface area is 75.6 Å². The van der Waals surface area contributed by atoms with Gasteiger partial charge in [0.25, 0.3) is 10.1 Å². The zero-order chi connectivity index (χ0) is 10.2. The van der Waals surface area contributed by atoms with Gasteiger partial charge in [0.1, 0.15) is 5.75 Å². The molecule has 0 saturated carbocycles. The van der Waals surface area contributed by atoms with Crippen LogP contribution in [0.15, 0.2) is 17.0 Å². The quantitative estimate of drug-likeness (QED) is 0.456. The van der Waals surface area contributed by atoms with Gasteiger partial charge in [-0.1, -0.05) is 0 Å². The Hall–Kier alpha value is -1.27. The van der Waals surface area contributed by atoms with Crippen LogP contribution in [0.4, 0.5) is 5.69 Å². The number of phenols is 1. The molecule has 0 heterocycles. The Morgan fingerprint density at radius 3 is 2.31 bits per heavy atom. The molecule has 0 aliphatic heterocycles. The Morgan fingerprint density at radius 2 is 1.92 bits per heavy atom. The lowest BCUT2D eigenvalue weighted by atomic mass is 10.2. The molecule has 13 heavy (non-hydrogen) atoms. The summed E-state index contributed by atoms with van der Waals surface area (Å²) in [6.07, 6.45) is 0. The molecule has 0 amide bonds. The zero-order valence-corrected chi connectivity index (χ0v) is 7.67. The van der Waals surface area contributed by atoms with Gasteiger partial charge in [-0.15, -0.1) is 0 Å². The summed E-state index contributed by atoms with van der Waals surface area (Å²) in [5.41, 5.74) is 5.88. The minimum atomic E-state index is -4.30. The van der Waals surface area contributed by atoms with Gasteiger partial charge in [-0.05, 0) is 13.0 Å². The highest BCUT2D eigenvalue weighted by Gasteiger charge is 2.13. The summed E-state index contributed by atoms with van der Waals surface area (Å²) in [5.74, 6) is -0.257. The molecule has 0 aliphatic carbocycles. The maximum atomic E-state index is 10.6. The fourth-order valence-corrected chi connectivity index (χ4v) is 1.38. The molecule has 0 atom stereocenters. The third kappa shape index (κ3) is 1.90. The van der Waals surface area contributed by atoms with Crippen molar-refractivity contribution in [2.24, 2.45) is 0 Å². The predicted octanol–water partition coefficient (Wildman–Crippen LogP) is 0.530. The van der Waals surface area contributed by atoms with Crippen molar-refractivity contribution >= 4 is 15.8 Å². The molecule has 1 aromatic carbocycles. The second kappa shape index (κ2) is 2.90. The number of hydrogen-bond acceptors (Lipinski definition) is 4. The van der Waals surface area contributed by atoms with Gasteiger partial charge in [0.2, 0.25) is 0 Å². The first kappa shape index (κ1) is 9.82. The van der Waals surface area contributed by atoms with Crippen LogP contribution in [-0.4, -0.2) is 18.1 Å². The highest BCUT2D eigenvalue weighted by Crippen LogP contribution is 2.26. The lowest BCUT2D eigenvalue weighted by Gasteiger charge is -2.04. The third-order valence-corrected chi connectivity index (χ3v) is 2.52. The van der Waals surface area contributed by atoms with E-state index >= 15 is 0 Å². The SMILES string of the molecule is Cc1c(N)cc(S(=O)(=O)O)cc1O. The highest BCUT2D eigenvalue weighted by molar-refractivity contribution is 7.85. The molecule has 0 unspecified atom stereocenters. The number of phenolic OH excluding ortho intramolecular Hbond substituents is 1. The zero-order valence-electron chi connectivity index (χ0n) is 6.85. The van der Waals surface area contributed by atoms with E-state index in [1.165, 1.54) is 0 Å². The van der Waals surface area contributed by atoms with Crippen LogP contribution in [0.1, 0.15) is 5.56 Å². The Kier molecular flexibility index (Phi) is 2.19. The van der Waals surface area contributed by atoms with E-state index in [1.54, 1.807) is 6.92 Å². The summed E-state index contributed by atoms with van der Waals surface area (Å²) in [5, 5.41) is 9.19. The average Bonchev–Trinajstić information content (AvgIpc) is 1.97. The number of hydrogen-bond donors (Lipinski definition) is 3. The van der Waals surface area contributed by atoms with Gasteiger partial charge < -0.3 is 10.8 Å². The molecule has 0 aliphatic rings. The van der Waals surface area contributed by atoms with Gasteiger partial charge in [-0.2, -0.15) is 8.42 Å². The first-order valence-electron chi connectivity index (χ1n) is 3.39. The molecule has 0 fully saturated rings. The van der Waals surface area contributed by atoms with Crippen LogP contribution < -0.4 is 5.73 Å². The van der Waals surface area contributed by atoms with Crippen LogP contribution in [0.3, 0.4) is 0 Å². The van der Waals surface area contributed by atoms with Gasteiger partial charge in [-0.3, -0.25) is 4.55 Å². The van der Waals surface area contributed by atoms with E-state index in [0.717, 1.165) is 12.1 Å². The first-order valence-corrected chi connectivity index (χ1v) is 4.83. The smallest absolute Gasteiger partial charge is 0.294 e. The second-order valence-corrected chi connectivity index (χ2v) is 4.05. The molecular formula is C7H9NO4S. The summed E-state index contributed by atoms with van der Waals surface area (Å²) in [7, 11) is -4.30. The molecule has 1 aromatic rings. The Morgan fingerprint density at radius 1 is 1.38 bits per heavy atom. The standard InChI is InChI=1S/C7H9NO4S/c1-4-6(8)2-5(3-7(4)9)13(10,11)12/h2-3,9H,8H2,1H3,(H,10,11,12). The lowest BCUT2D eigenvalue weighted by molar-refractivity contribution is 0.463. The number of nitrogens with two attached hydrogens (primary N) is 1. The predicted molar refractivity (Wildman–Crippen MR) is 47.1 cm³/mol. The monoisotopic (exact) mass is 203 g/mol. The largest absolute Gasteiger partial charge is 0.508 e. The summed E-state index contributed by atoms with van der Waals surface area (Å²) in [6, 6.07) is 2.03. The first-order chi connectivity index (χ1) is 5.82. The summed E-state index contributed by atoms with van der Waals surface area (Å²) >= 11 is 0. The summed E-state index contributed by atoms with van der Waals surface area (Å²) < 4.78 is 29.9. The van der Waals surface area contributed by atoms with Gasteiger partial charge >= 0.3 is 0 Å². The van der Waals surface area contributed by atoms with Crippen LogP contribution in [0, 0.1) is 6.92 Å². The van der Waals surface area contributed by atoms with E-state index in [-0.39, 0.29) is 11.4 Å². The van der Waals surface area contributed by atoms with E-state index in [4.69, 9.17) is 10.3 Å². The van der Waals surface area contributed by atoms with Crippen LogP contribution >= 0.6 is 0 Å². The Bertz CT molecular complexity index is 415. The maximum Gasteiger partial charge on any atom is 0.294 e. The minimum absolute atomic E-state index is 0.118. The topological polar surface area (TPSA) is 101 Å². The summed E-state index contributed by atoms with van der Waals surface area (Å²) in [4.78, 5) is -0.409. The average molecular weight is 203 g/mol. The molecular weight excluding hydrogens is 194 g/mol. The second-order valence-electron chi connectivity index (χ2n) is 2.63. The molecule has 1 rings (SSSR count). The Balaban J connectivity index is 3.47. The number of benzene rings is 1. The molecule has 0 spiro atoms. The number of nitrogen functional groups attached to an aromatic ring is 1. The molecule has 72 valence electrons. The minimum Gasteiger partial charge on any atom is -0.508 e. The van der Waals surface area contributed by atoms with Crippen molar-refractivity contribution in [3.63, 3.8) is 0 Å². The van der Waals surface area contributed by atoms with Crippen LogP contribution in [0.5, 0.6) is 5.75 Å². The summed E-state index contributed by atoms with van der Waals surface area (Å²) in [6.45, 7) is 1.54. The molecule has 0 aromatic heterocycles. The maximum absolute atomic E-state index is 10.6. The number of rotatable bonds is 1. The van der Waals surface area contributed by atoms with Crippen molar-refractivity contribution in [2.75, 3.05) is 5.73 Å². The number of aromatic hydroxyl groups is 1. The van der Waals surface area contributed by atoms with Gasteiger partial charge in [0, 0.05) is 17.3 Å². The molecule has 0 saturated heterocycles. The van der Waals surface area contributed by atoms with Crippen LogP contribution in [0.2, 0.25) is 0 Å². The fourth-order valence-electron chi connectivity index (χ4n) is 0.843. The third-order valence-electron chi connectivity index (χ3n) is 1.69. The van der Waals surface area contributed by atoms with E-state index < -0.39 is 15.0 Å². The van der Waals surface area contributed by atoms with Crippen molar-refractivity contribution in [2.45, 2.75) is 11.8 Å². The van der Waals surface area contributed by atoms with E-state index in [1.807, 2.05) is 0 Å². The molecule has 6 heteroatoms. The van der Waals surface area contributed by atoms with Gasteiger partial charge in [-0.25, -0.2) is 0 Å². The van der Waals surface area contributed by atoms with Crippen LogP contribution in [0.25, 0.3) is 0 Å². The molecule has 0 bridgehead atoms.